The Morgan fingerprint density at radius 3 is 2.29 bits per heavy atom. The summed E-state index contributed by atoms with van der Waals surface area (Å²) in [6.07, 6.45) is 1.63. The second kappa shape index (κ2) is 5.11. The molecule has 0 saturated heterocycles. The SMILES string of the molecule is CC1CCC(c2ccc(C(F)F)c(F)c2)CC1. The van der Waals surface area contributed by atoms with Crippen LogP contribution in [0.5, 0.6) is 0 Å². The highest BCUT2D eigenvalue weighted by molar-refractivity contribution is 5.28. The molecule has 0 radical (unpaired) electrons. The number of hydrogen-bond acceptors (Lipinski definition) is 0. The second-order valence-corrected chi connectivity index (χ2v) is 5.04. The molecule has 0 amide bonds. The topological polar surface area (TPSA) is 0 Å². The lowest BCUT2D eigenvalue weighted by Gasteiger charge is -2.26. The van der Waals surface area contributed by atoms with Crippen LogP contribution in [0.2, 0.25) is 0 Å². The maximum absolute atomic E-state index is 13.5. The van der Waals surface area contributed by atoms with Gasteiger partial charge in [0.2, 0.25) is 0 Å². The summed E-state index contributed by atoms with van der Waals surface area (Å²) in [4.78, 5) is 0. The van der Waals surface area contributed by atoms with Crippen LogP contribution >= 0.6 is 0 Å². The van der Waals surface area contributed by atoms with Crippen molar-refractivity contribution in [1.29, 1.82) is 0 Å². The normalized spacial score (nSPS) is 25.2. The largest absolute Gasteiger partial charge is 0.266 e. The Hall–Kier alpha value is -0.990. The van der Waals surface area contributed by atoms with Crippen LogP contribution in [0.4, 0.5) is 13.2 Å². The van der Waals surface area contributed by atoms with Crippen LogP contribution in [-0.2, 0) is 0 Å². The minimum Gasteiger partial charge on any atom is -0.206 e. The zero-order valence-corrected chi connectivity index (χ0v) is 9.93. The van der Waals surface area contributed by atoms with Crippen molar-refractivity contribution in [1.82, 2.24) is 0 Å². The van der Waals surface area contributed by atoms with Crippen LogP contribution in [0.3, 0.4) is 0 Å². The van der Waals surface area contributed by atoms with E-state index in [1.807, 2.05) is 0 Å². The second-order valence-electron chi connectivity index (χ2n) is 5.04. The van der Waals surface area contributed by atoms with Gasteiger partial charge in [0.1, 0.15) is 5.82 Å². The third-order valence-corrected chi connectivity index (χ3v) is 3.75. The van der Waals surface area contributed by atoms with E-state index >= 15 is 0 Å². The van der Waals surface area contributed by atoms with E-state index < -0.39 is 17.8 Å². The van der Waals surface area contributed by atoms with Crippen molar-refractivity contribution >= 4 is 0 Å². The molecule has 94 valence electrons. The van der Waals surface area contributed by atoms with E-state index in [2.05, 4.69) is 6.92 Å². The zero-order valence-electron chi connectivity index (χ0n) is 9.93. The maximum Gasteiger partial charge on any atom is 0.266 e. The number of hydrogen-bond donors (Lipinski definition) is 0. The average Bonchev–Trinajstić information content (AvgIpc) is 2.29. The summed E-state index contributed by atoms with van der Waals surface area (Å²) < 4.78 is 38.3. The minimum atomic E-state index is -2.73. The molecule has 1 aliphatic carbocycles. The van der Waals surface area contributed by atoms with Gasteiger partial charge in [-0.15, -0.1) is 0 Å². The van der Waals surface area contributed by atoms with Crippen molar-refractivity contribution < 1.29 is 13.2 Å². The van der Waals surface area contributed by atoms with E-state index in [1.54, 1.807) is 6.07 Å². The molecule has 2 rings (SSSR count). The lowest BCUT2D eigenvalue weighted by molar-refractivity contribution is 0.146. The molecule has 1 fully saturated rings. The Bertz CT molecular complexity index is 379. The van der Waals surface area contributed by atoms with E-state index in [4.69, 9.17) is 0 Å². The summed E-state index contributed by atoms with van der Waals surface area (Å²) in [6.45, 7) is 2.22. The van der Waals surface area contributed by atoms with Gasteiger partial charge < -0.3 is 0 Å². The molecule has 1 aromatic rings. The molecule has 17 heavy (non-hydrogen) atoms. The molecular weight excluding hydrogens is 225 g/mol. The van der Waals surface area contributed by atoms with Crippen molar-refractivity contribution in [2.75, 3.05) is 0 Å². The Morgan fingerprint density at radius 1 is 1.12 bits per heavy atom. The molecule has 0 bridgehead atoms. The number of rotatable bonds is 2. The van der Waals surface area contributed by atoms with Crippen LogP contribution < -0.4 is 0 Å². The van der Waals surface area contributed by atoms with Gasteiger partial charge in [0.15, 0.2) is 0 Å². The smallest absolute Gasteiger partial charge is 0.206 e. The van der Waals surface area contributed by atoms with Gasteiger partial charge in [-0.2, -0.15) is 0 Å². The van der Waals surface area contributed by atoms with E-state index in [1.165, 1.54) is 12.1 Å². The minimum absolute atomic E-state index is 0.340. The summed E-state index contributed by atoms with van der Waals surface area (Å²) in [7, 11) is 0. The average molecular weight is 242 g/mol. The Kier molecular flexibility index (Phi) is 3.75. The van der Waals surface area contributed by atoms with E-state index in [0.29, 0.717) is 5.92 Å². The van der Waals surface area contributed by atoms with Gasteiger partial charge in [-0.25, -0.2) is 13.2 Å². The van der Waals surface area contributed by atoms with Crippen LogP contribution in [0.15, 0.2) is 18.2 Å². The first kappa shape index (κ1) is 12.5. The van der Waals surface area contributed by atoms with Gasteiger partial charge in [0, 0.05) is 0 Å². The Labute approximate surface area is 99.8 Å². The monoisotopic (exact) mass is 242 g/mol. The molecule has 1 aromatic carbocycles. The summed E-state index contributed by atoms with van der Waals surface area (Å²) in [5.41, 5.74) is 0.386. The van der Waals surface area contributed by atoms with Gasteiger partial charge in [-0.3, -0.25) is 0 Å². The highest BCUT2D eigenvalue weighted by Crippen LogP contribution is 2.36. The molecule has 0 aromatic heterocycles. The fourth-order valence-corrected chi connectivity index (χ4v) is 2.57. The van der Waals surface area contributed by atoms with Gasteiger partial charge in [0.25, 0.3) is 6.43 Å². The lowest BCUT2D eigenvalue weighted by atomic mass is 9.79. The standard InChI is InChI=1S/C14H17F3/c1-9-2-4-10(5-3-9)11-6-7-12(14(16)17)13(15)8-11/h6-10,14H,2-5H2,1H3. The van der Waals surface area contributed by atoms with E-state index in [0.717, 1.165) is 37.2 Å². The zero-order chi connectivity index (χ0) is 12.4. The highest BCUT2D eigenvalue weighted by Gasteiger charge is 2.21. The van der Waals surface area contributed by atoms with Crippen molar-refractivity contribution in [2.45, 2.75) is 45.0 Å². The maximum atomic E-state index is 13.5. The Balaban J connectivity index is 2.14. The number of alkyl halides is 2. The molecule has 0 atom stereocenters. The molecule has 1 saturated carbocycles. The molecule has 0 nitrogen and oxygen atoms in total. The van der Waals surface area contributed by atoms with Crippen molar-refractivity contribution in [2.24, 2.45) is 5.92 Å². The molecule has 0 N–H and O–H groups in total. The van der Waals surface area contributed by atoms with Crippen LogP contribution in [-0.4, -0.2) is 0 Å². The number of benzene rings is 1. The van der Waals surface area contributed by atoms with Crippen LogP contribution in [0, 0.1) is 11.7 Å². The van der Waals surface area contributed by atoms with Crippen molar-refractivity contribution in [3.63, 3.8) is 0 Å². The fraction of sp³-hybridized carbons (Fsp3) is 0.571. The quantitative estimate of drug-likeness (QED) is 0.680. The molecule has 3 heteroatoms. The Morgan fingerprint density at radius 2 is 1.76 bits per heavy atom. The molecule has 0 spiro atoms. The summed E-state index contributed by atoms with van der Waals surface area (Å²) in [6, 6.07) is 4.18. The van der Waals surface area contributed by atoms with E-state index in [9.17, 15) is 13.2 Å². The first-order valence-corrected chi connectivity index (χ1v) is 6.15. The first-order chi connectivity index (χ1) is 8.08. The third-order valence-electron chi connectivity index (χ3n) is 3.75. The number of halogens is 3. The van der Waals surface area contributed by atoms with Crippen LogP contribution in [0.25, 0.3) is 0 Å². The van der Waals surface area contributed by atoms with Gasteiger partial charge in [-0.05, 0) is 36.3 Å². The van der Waals surface area contributed by atoms with Gasteiger partial charge in [0.05, 0.1) is 5.56 Å². The molecule has 0 heterocycles. The third kappa shape index (κ3) is 2.82. The summed E-state index contributed by atoms with van der Waals surface area (Å²) >= 11 is 0. The van der Waals surface area contributed by atoms with Gasteiger partial charge >= 0.3 is 0 Å². The van der Waals surface area contributed by atoms with Crippen LogP contribution in [0.1, 0.15) is 56.1 Å². The predicted octanol–water partition coefficient (Wildman–Crippen LogP) is 5.06. The molecule has 0 unspecified atom stereocenters. The summed E-state index contributed by atoms with van der Waals surface area (Å²) in [5.74, 6) is 0.306. The predicted molar refractivity (Wildman–Crippen MR) is 61.7 cm³/mol. The lowest BCUT2D eigenvalue weighted by Crippen LogP contribution is -2.11. The summed E-state index contributed by atoms with van der Waals surface area (Å²) in [5, 5.41) is 0. The first-order valence-electron chi connectivity index (χ1n) is 6.15. The molecule has 1 aliphatic rings. The van der Waals surface area contributed by atoms with Crippen molar-refractivity contribution in [3.05, 3.63) is 35.1 Å². The van der Waals surface area contributed by atoms with E-state index in [-0.39, 0.29) is 0 Å². The molecular formula is C14H17F3. The molecule has 0 aliphatic heterocycles. The fourth-order valence-electron chi connectivity index (χ4n) is 2.57. The highest BCUT2D eigenvalue weighted by atomic mass is 19.3. The van der Waals surface area contributed by atoms with Crippen molar-refractivity contribution in [3.8, 4) is 0 Å². The van der Waals surface area contributed by atoms with Gasteiger partial charge in [-0.1, -0.05) is 31.9 Å².